The van der Waals surface area contributed by atoms with Crippen LogP contribution in [0.2, 0.25) is 0 Å². The van der Waals surface area contributed by atoms with Crippen molar-refractivity contribution in [1.82, 2.24) is 20.3 Å². The molecule has 2 aromatic carbocycles. The molecule has 2 aromatic heterocycles. The number of hydrogen-bond donors (Lipinski definition) is 1. The Morgan fingerprint density at radius 2 is 1.92 bits per heavy atom. The maximum absolute atomic E-state index is 12.2. The lowest BCUT2D eigenvalue weighted by Crippen LogP contribution is -2.24. The van der Waals surface area contributed by atoms with Gasteiger partial charge in [-0.1, -0.05) is 29.4 Å². The van der Waals surface area contributed by atoms with E-state index in [9.17, 15) is 4.79 Å². The number of carbonyl (C=O) groups is 1. The van der Waals surface area contributed by atoms with E-state index < -0.39 is 0 Å². The molecule has 6 nitrogen and oxygen atoms in total. The van der Waals surface area contributed by atoms with Crippen molar-refractivity contribution in [3.8, 4) is 5.69 Å². The first-order valence-electron chi connectivity index (χ1n) is 7.98. The number of fused-ring (bicyclic) bond motifs is 1. The lowest BCUT2D eigenvalue weighted by molar-refractivity contribution is -0.120. The number of nitrogens with zero attached hydrogens (tertiary/aromatic N) is 3. The second kappa shape index (κ2) is 6.60. The van der Waals surface area contributed by atoms with Gasteiger partial charge in [0.05, 0.1) is 12.1 Å². The van der Waals surface area contributed by atoms with E-state index in [0.29, 0.717) is 17.8 Å². The topological polar surface area (TPSA) is 73.0 Å². The molecule has 4 aromatic rings. The van der Waals surface area contributed by atoms with Crippen molar-refractivity contribution in [2.24, 2.45) is 0 Å². The first-order chi connectivity index (χ1) is 12.3. The monoisotopic (exact) mass is 332 g/mol. The second-order valence-corrected chi connectivity index (χ2v) is 5.70. The molecule has 0 aliphatic heterocycles. The second-order valence-electron chi connectivity index (χ2n) is 5.70. The van der Waals surface area contributed by atoms with Crippen LogP contribution in [0.4, 0.5) is 0 Å². The molecule has 0 spiro atoms. The van der Waals surface area contributed by atoms with Crippen LogP contribution in [-0.4, -0.2) is 20.8 Å². The van der Waals surface area contributed by atoms with E-state index in [-0.39, 0.29) is 12.3 Å². The lowest BCUT2D eigenvalue weighted by atomic mass is 10.1. The zero-order chi connectivity index (χ0) is 17.1. The largest absolute Gasteiger partial charge is 0.356 e. The molecular formula is C19H16N4O2. The van der Waals surface area contributed by atoms with Gasteiger partial charge in [0.2, 0.25) is 5.91 Å². The van der Waals surface area contributed by atoms with Crippen molar-refractivity contribution in [2.45, 2.75) is 13.0 Å². The summed E-state index contributed by atoms with van der Waals surface area (Å²) in [5.41, 5.74) is 3.35. The van der Waals surface area contributed by atoms with Crippen molar-refractivity contribution in [2.75, 3.05) is 0 Å². The fraction of sp³-hybridized carbons (Fsp3) is 0.105. The minimum atomic E-state index is -0.0878. The van der Waals surface area contributed by atoms with Gasteiger partial charge in [-0.05, 0) is 35.9 Å². The van der Waals surface area contributed by atoms with Crippen molar-refractivity contribution >= 4 is 16.9 Å². The summed E-state index contributed by atoms with van der Waals surface area (Å²) in [4.78, 5) is 12.2. The summed E-state index contributed by atoms with van der Waals surface area (Å²) in [6.45, 7) is 0.466. The SMILES string of the molecule is O=C(Cc1noc2ccccc12)NCc1ccc(-n2cccn2)cc1. The van der Waals surface area contributed by atoms with E-state index in [2.05, 4.69) is 15.6 Å². The third-order valence-electron chi connectivity index (χ3n) is 3.98. The van der Waals surface area contributed by atoms with Crippen LogP contribution in [0.15, 0.2) is 71.5 Å². The van der Waals surface area contributed by atoms with E-state index in [1.54, 1.807) is 10.9 Å². The fourth-order valence-electron chi connectivity index (χ4n) is 2.67. The number of nitrogens with one attached hydrogen (secondary N) is 1. The average molecular weight is 332 g/mol. The van der Waals surface area contributed by atoms with Gasteiger partial charge in [0.25, 0.3) is 0 Å². The van der Waals surface area contributed by atoms with Crippen LogP contribution in [0.5, 0.6) is 0 Å². The Balaban J connectivity index is 1.37. The quantitative estimate of drug-likeness (QED) is 0.610. The minimum Gasteiger partial charge on any atom is -0.356 e. The van der Waals surface area contributed by atoms with Crippen molar-refractivity contribution in [3.63, 3.8) is 0 Å². The molecule has 6 heteroatoms. The molecule has 124 valence electrons. The van der Waals surface area contributed by atoms with Crippen molar-refractivity contribution in [1.29, 1.82) is 0 Å². The standard InChI is InChI=1S/C19H16N4O2/c24-19(12-17-16-4-1-2-5-18(16)25-22-17)20-13-14-6-8-15(9-7-14)23-11-3-10-21-23/h1-11H,12-13H2,(H,20,24). The molecule has 1 amide bonds. The van der Waals surface area contributed by atoms with Gasteiger partial charge in [0.15, 0.2) is 5.58 Å². The number of aromatic nitrogens is 3. The summed E-state index contributed by atoms with van der Waals surface area (Å²) in [6.07, 6.45) is 3.82. The molecule has 0 bridgehead atoms. The van der Waals surface area contributed by atoms with E-state index in [4.69, 9.17) is 4.52 Å². The highest BCUT2D eigenvalue weighted by atomic mass is 16.5. The maximum Gasteiger partial charge on any atom is 0.226 e. The van der Waals surface area contributed by atoms with Crippen LogP contribution < -0.4 is 5.32 Å². The number of para-hydroxylation sites is 1. The minimum absolute atomic E-state index is 0.0878. The lowest BCUT2D eigenvalue weighted by Gasteiger charge is -2.06. The molecule has 0 fully saturated rings. The number of rotatable bonds is 5. The molecule has 0 aliphatic carbocycles. The van der Waals surface area contributed by atoms with Crippen LogP contribution >= 0.6 is 0 Å². The van der Waals surface area contributed by atoms with Crippen LogP contribution in [-0.2, 0) is 17.8 Å². The first-order valence-corrected chi connectivity index (χ1v) is 7.98. The summed E-state index contributed by atoms with van der Waals surface area (Å²) in [5, 5.41) is 12.0. The highest BCUT2D eigenvalue weighted by Gasteiger charge is 2.11. The normalized spacial score (nSPS) is 10.9. The van der Waals surface area contributed by atoms with Gasteiger partial charge in [0, 0.05) is 24.3 Å². The Hall–Kier alpha value is -3.41. The Bertz CT molecular complexity index is 988. The molecule has 0 radical (unpaired) electrons. The van der Waals surface area contributed by atoms with Gasteiger partial charge in [-0.2, -0.15) is 5.10 Å². The number of benzene rings is 2. The molecule has 1 N–H and O–H groups in total. The summed E-state index contributed by atoms with van der Waals surface area (Å²) >= 11 is 0. The Kier molecular flexibility index (Phi) is 4.00. The number of hydrogen-bond acceptors (Lipinski definition) is 4. The van der Waals surface area contributed by atoms with Gasteiger partial charge in [-0.3, -0.25) is 4.79 Å². The Labute approximate surface area is 144 Å². The first kappa shape index (κ1) is 15.1. The Morgan fingerprint density at radius 3 is 2.72 bits per heavy atom. The van der Waals surface area contributed by atoms with Crippen LogP contribution in [0.3, 0.4) is 0 Å². The van der Waals surface area contributed by atoms with Gasteiger partial charge in [-0.25, -0.2) is 4.68 Å². The van der Waals surface area contributed by atoms with E-state index in [0.717, 1.165) is 16.6 Å². The number of amides is 1. The van der Waals surface area contributed by atoms with E-state index in [1.807, 2.05) is 60.8 Å². The molecule has 2 heterocycles. The van der Waals surface area contributed by atoms with Gasteiger partial charge in [-0.15, -0.1) is 0 Å². The average Bonchev–Trinajstić information content (AvgIpc) is 3.31. The van der Waals surface area contributed by atoms with Crippen LogP contribution in [0.1, 0.15) is 11.3 Å². The van der Waals surface area contributed by atoms with Crippen molar-refractivity contribution in [3.05, 3.63) is 78.2 Å². The van der Waals surface area contributed by atoms with Crippen LogP contribution in [0.25, 0.3) is 16.7 Å². The van der Waals surface area contributed by atoms with Gasteiger partial charge >= 0.3 is 0 Å². The van der Waals surface area contributed by atoms with Gasteiger partial charge < -0.3 is 9.84 Å². The third-order valence-corrected chi connectivity index (χ3v) is 3.98. The third kappa shape index (κ3) is 3.28. The molecule has 0 aliphatic rings. The fourth-order valence-corrected chi connectivity index (χ4v) is 2.67. The molecule has 0 saturated heterocycles. The summed E-state index contributed by atoms with van der Waals surface area (Å²) in [7, 11) is 0. The van der Waals surface area contributed by atoms with Gasteiger partial charge in [0.1, 0.15) is 5.69 Å². The van der Waals surface area contributed by atoms with E-state index in [1.165, 1.54) is 0 Å². The zero-order valence-corrected chi connectivity index (χ0v) is 13.4. The molecule has 0 atom stereocenters. The number of carbonyl (C=O) groups excluding carboxylic acids is 1. The molecule has 0 saturated carbocycles. The van der Waals surface area contributed by atoms with Crippen molar-refractivity contribution < 1.29 is 9.32 Å². The summed E-state index contributed by atoms with van der Waals surface area (Å²) in [5.74, 6) is -0.0878. The predicted octanol–water partition coefficient (Wildman–Crippen LogP) is 2.87. The highest BCUT2D eigenvalue weighted by molar-refractivity contribution is 5.86. The Morgan fingerprint density at radius 1 is 1.08 bits per heavy atom. The zero-order valence-electron chi connectivity index (χ0n) is 13.4. The molecule has 4 rings (SSSR count). The summed E-state index contributed by atoms with van der Waals surface area (Å²) in [6, 6.07) is 17.3. The molecule has 0 unspecified atom stereocenters. The molecular weight excluding hydrogens is 316 g/mol. The summed E-state index contributed by atoms with van der Waals surface area (Å²) < 4.78 is 7.01. The van der Waals surface area contributed by atoms with E-state index >= 15 is 0 Å². The molecule has 25 heavy (non-hydrogen) atoms. The van der Waals surface area contributed by atoms with Crippen LogP contribution in [0, 0.1) is 0 Å². The highest BCUT2D eigenvalue weighted by Crippen LogP contribution is 2.18. The smallest absolute Gasteiger partial charge is 0.226 e. The predicted molar refractivity (Wildman–Crippen MR) is 93.1 cm³/mol. The maximum atomic E-state index is 12.2.